The summed E-state index contributed by atoms with van der Waals surface area (Å²) in [5, 5.41) is 2.77. The molecule has 5 heteroatoms. The van der Waals surface area contributed by atoms with E-state index >= 15 is 0 Å². The monoisotopic (exact) mass is 297 g/mol. The van der Waals surface area contributed by atoms with Gasteiger partial charge in [-0.1, -0.05) is 30.3 Å². The fourth-order valence-electron chi connectivity index (χ4n) is 2.15. The SMILES string of the molecule is O=C(CCCOc1ccccc1)Nc1nc2ccccc2[nH]1.[HH]. The molecule has 2 aromatic carbocycles. The van der Waals surface area contributed by atoms with Crippen LogP contribution in [0.2, 0.25) is 0 Å². The molecule has 0 aliphatic heterocycles. The number of nitrogens with one attached hydrogen (secondary N) is 2. The largest absolute Gasteiger partial charge is 0.494 e. The van der Waals surface area contributed by atoms with Crippen LogP contribution in [0.25, 0.3) is 11.0 Å². The van der Waals surface area contributed by atoms with Crippen LogP contribution < -0.4 is 10.1 Å². The highest BCUT2D eigenvalue weighted by molar-refractivity contribution is 5.90. The van der Waals surface area contributed by atoms with Gasteiger partial charge in [0.2, 0.25) is 11.9 Å². The number of hydrogen-bond acceptors (Lipinski definition) is 3. The number of aromatic amines is 1. The van der Waals surface area contributed by atoms with Crippen molar-refractivity contribution < 1.29 is 11.0 Å². The number of rotatable bonds is 6. The van der Waals surface area contributed by atoms with Crippen molar-refractivity contribution >= 4 is 22.9 Å². The lowest BCUT2D eigenvalue weighted by Gasteiger charge is -2.05. The number of nitrogens with zero attached hydrogens (tertiary/aromatic N) is 1. The topological polar surface area (TPSA) is 67.0 Å². The summed E-state index contributed by atoms with van der Waals surface area (Å²) < 4.78 is 5.55. The number of H-pyrrole nitrogens is 1. The lowest BCUT2D eigenvalue weighted by Crippen LogP contribution is -2.13. The summed E-state index contributed by atoms with van der Waals surface area (Å²) in [5.41, 5.74) is 1.75. The molecule has 0 bridgehead atoms. The molecule has 22 heavy (non-hydrogen) atoms. The van der Waals surface area contributed by atoms with Crippen molar-refractivity contribution in [2.24, 2.45) is 0 Å². The minimum Gasteiger partial charge on any atom is -0.494 e. The van der Waals surface area contributed by atoms with Crippen molar-refractivity contribution in [1.82, 2.24) is 9.97 Å². The van der Waals surface area contributed by atoms with E-state index < -0.39 is 0 Å². The van der Waals surface area contributed by atoms with E-state index in [2.05, 4.69) is 15.3 Å². The van der Waals surface area contributed by atoms with Crippen LogP contribution in [0.5, 0.6) is 5.75 Å². The van der Waals surface area contributed by atoms with Crippen molar-refractivity contribution in [2.75, 3.05) is 11.9 Å². The summed E-state index contributed by atoms with van der Waals surface area (Å²) in [6.45, 7) is 0.511. The number of carbonyl (C=O) groups excluding carboxylic acids is 1. The third-order valence-electron chi connectivity index (χ3n) is 3.21. The molecule has 3 aromatic rings. The molecule has 0 saturated carbocycles. The van der Waals surface area contributed by atoms with E-state index in [9.17, 15) is 4.79 Å². The average molecular weight is 297 g/mol. The molecule has 0 atom stereocenters. The van der Waals surface area contributed by atoms with Gasteiger partial charge in [0, 0.05) is 7.85 Å². The number of carbonyl (C=O) groups is 1. The highest BCUT2D eigenvalue weighted by atomic mass is 16.5. The molecule has 0 saturated heterocycles. The molecule has 0 aliphatic rings. The Bertz CT molecular complexity index is 726. The van der Waals surface area contributed by atoms with E-state index in [0.29, 0.717) is 25.4 Å². The standard InChI is InChI=1S/C17H17N3O2.H2/c21-16(11-6-12-22-13-7-2-1-3-8-13)20-17-18-14-9-4-5-10-15(14)19-17;/h1-5,7-10H,6,11-12H2,(H2,18,19,20,21);1H. The van der Waals surface area contributed by atoms with E-state index in [1.54, 1.807) is 0 Å². The second-order valence-electron chi connectivity index (χ2n) is 4.92. The molecular formula is C17H19N3O2. The number of fused-ring (bicyclic) bond motifs is 1. The van der Waals surface area contributed by atoms with Gasteiger partial charge < -0.3 is 9.72 Å². The molecule has 114 valence electrons. The smallest absolute Gasteiger partial charge is 0.226 e. The Hall–Kier alpha value is -2.82. The Kier molecular flexibility index (Phi) is 4.34. The minimum absolute atomic E-state index is 0. The summed E-state index contributed by atoms with van der Waals surface area (Å²) >= 11 is 0. The van der Waals surface area contributed by atoms with Crippen LogP contribution >= 0.6 is 0 Å². The van der Waals surface area contributed by atoms with Gasteiger partial charge in [-0.05, 0) is 30.7 Å². The number of para-hydroxylation sites is 3. The van der Waals surface area contributed by atoms with Gasteiger partial charge in [-0.3, -0.25) is 10.1 Å². The molecule has 0 fully saturated rings. The first-order valence-electron chi connectivity index (χ1n) is 7.24. The van der Waals surface area contributed by atoms with Crippen molar-refractivity contribution in [1.29, 1.82) is 0 Å². The van der Waals surface area contributed by atoms with E-state index in [1.807, 2.05) is 54.6 Å². The zero-order valence-corrected chi connectivity index (χ0v) is 12.1. The Morgan fingerprint density at radius 3 is 2.73 bits per heavy atom. The van der Waals surface area contributed by atoms with E-state index in [1.165, 1.54) is 0 Å². The van der Waals surface area contributed by atoms with Crippen LogP contribution in [-0.4, -0.2) is 22.5 Å². The number of ether oxygens (including phenoxy) is 1. The van der Waals surface area contributed by atoms with Gasteiger partial charge in [-0.15, -0.1) is 0 Å². The first-order chi connectivity index (χ1) is 10.8. The fraction of sp³-hybridized carbons (Fsp3) is 0.176. The van der Waals surface area contributed by atoms with Crippen LogP contribution in [0.1, 0.15) is 14.3 Å². The third-order valence-corrected chi connectivity index (χ3v) is 3.21. The first kappa shape index (κ1) is 14.1. The van der Waals surface area contributed by atoms with Crippen molar-refractivity contribution in [3.63, 3.8) is 0 Å². The molecule has 0 spiro atoms. The number of benzene rings is 2. The Balaban J connectivity index is 0.00000192. The summed E-state index contributed by atoms with van der Waals surface area (Å²) in [7, 11) is 0. The quantitative estimate of drug-likeness (QED) is 0.683. The van der Waals surface area contributed by atoms with Gasteiger partial charge in [-0.25, -0.2) is 4.98 Å². The van der Waals surface area contributed by atoms with E-state index in [0.717, 1.165) is 16.8 Å². The number of aromatic nitrogens is 2. The zero-order valence-electron chi connectivity index (χ0n) is 12.1. The predicted molar refractivity (Wildman–Crippen MR) is 88.0 cm³/mol. The average Bonchev–Trinajstić information content (AvgIpc) is 2.94. The number of amides is 1. The summed E-state index contributed by atoms with van der Waals surface area (Å²) in [6.07, 6.45) is 1.05. The molecule has 1 aromatic heterocycles. The molecule has 0 radical (unpaired) electrons. The van der Waals surface area contributed by atoms with Crippen molar-refractivity contribution in [2.45, 2.75) is 12.8 Å². The molecule has 5 nitrogen and oxygen atoms in total. The first-order valence-corrected chi connectivity index (χ1v) is 7.24. The highest BCUT2D eigenvalue weighted by Gasteiger charge is 2.06. The highest BCUT2D eigenvalue weighted by Crippen LogP contribution is 2.13. The normalized spacial score (nSPS) is 10.5. The van der Waals surface area contributed by atoms with Gasteiger partial charge in [0.05, 0.1) is 17.6 Å². The number of hydrogen-bond donors (Lipinski definition) is 2. The van der Waals surface area contributed by atoms with Crippen LogP contribution in [0.15, 0.2) is 54.6 Å². The summed E-state index contributed by atoms with van der Waals surface area (Å²) in [5.74, 6) is 1.23. The number of anilines is 1. The lowest BCUT2D eigenvalue weighted by atomic mass is 10.3. The van der Waals surface area contributed by atoms with Gasteiger partial charge in [0.25, 0.3) is 0 Å². The fourth-order valence-corrected chi connectivity index (χ4v) is 2.15. The molecule has 1 amide bonds. The van der Waals surface area contributed by atoms with Crippen molar-refractivity contribution in [3.05, 3.63) is 54.6 Å². The van der Waals surface area contributed by atoms with Crippen LogP contribution in [0, 0.1) is 0 Å². The van der Waals surface area contributed by atoms with Crippen LogP contribution in [0.3, 0.4) is 0 Å². The Morgan fingerprint density at radius 1 is 1.14 bits per heavy atom. The second-order valence-corrected chi connectivity index (χ2v) is 4.92. The van der Waals surface area contributed by atoms with Gasteiger partial charge in [-0.2, -0.15) is 0 Å². The van der Waals surface area contributed by atoms with Gasteiger partial charge in [0.1, 0.15) is 5.75 Å². The molecule has 1 heterocycles. The number of imidazole rings is 1. The van der Waals surface area contributed by atoms with Crippen LogP contribution in [0.4, 0.5) is 5.95 Å². The second kappa shape index (κ2) is 6.76. The summed E-state index contributed by atoms with van der Waals surface area (Å²) in [4.78, 5) is 19.3. The van der Waals surface area contributed by atoms with E-state index in [-0.39, 0.29) is 7.33 Å². The van der Waals surface area contributed by atoms with Gasteiger partial charge >= 0.3 is 0 Å². The molecule has 2 N–H and O–H groups in total. The molecule has 0 unspecified atom stereocenters. The maximum absolute atomic E-state index is 11.9. The van der Waals surface area contributed by atoms with Crippen LogP contribution in [-0.2, 0) is 4.79 Å². The zero-order chi connectivity index (χ0) is 15.2. The lowest BCUT2D eigenvalue weighted by molar-refractivity contribution is -0.116. The summed E-state index contributed by atoms with van der Waals surface area (Å²) in [6, 6.07) is 17.2. The minimum atomic E-state index is -0.0734. The maximum atomic E-state index is 11.9. The van der Waals surface area contributed by atoms with E-state index in [4.69, 9.17) is 4.74 Å². The maximum Gasteiger partial charge on any atom is 0.226 e. The molecule has 3 rings (SSSR count). The molecular weight excluding hydrogens is 278 g/mol. The Morgan fingerprint density at radius 2 is 1.91 bits per heavy atom. The predicted octanol–water partition coefficient (Wildman–Crippen LogP) is 3.61. The van der Waals surface area contributed by atoms with Gasteiger partial charge in [0.15, 0.2) is 0 Å². The molecule has 0 aliphatic carbocycles. The third kappa shape index (κ3) is 3.63. The Labute approximate surface area is 129 Å². The van der Waals surface area contributed by atoms with Crippen molar-refractivity contribution in [3.8, 4) is 5.75 Å².